The second kappa shape index (κ2) is 6.27. The first-order valence-electron chi connectivity index (χ1n) is 6.68. The number of furan rings is 1. The van der Waals surface area contributed by atoms with Crippen molar-refractivity contribution in [1.29, 1.82) is 0 Å². The smallest absolute Gasteiger partial charge is 0.338 e. The van der Waals surface area contributed by atoms with Gasteiger partial charge in [0.15, 0.2) is 0 Å². The van der Waals surface area contributed by atoms with E-state index in [-0.39, 0.29) is 12.6 Å². The third-order valence-corrected chi connectivity index (χ3v) is 2.98. The minimum absolute atomic E-state index is 0.278. The number of ether oxygens (including phenoxy) is 1. The Hall–Kier alpha value is -2.24. The molecule has 1 aliphatic heterocycles. The summed E-state index contributed by atoms with van der Waals surface area (Å²) in [5.74, 6) is 0.0707. The van der Waals surface area contributed by atoms with E-state index in [4.69, 9.17) is 9.15 Å². The lowest BCUT2D eigenvalue weighted by molar-refractivity contribution is -0.139. The summed E-state index contributed by atoms with van der Waals surface area (Å²) in [5, 5.41) is 5.38. The molecular formula is C14H18N2O4. The van der Waals surface area contributed by atoms with E-state index in [1.807, 2.05) is 6.92 Å². The maximum absolute atomic E-state index is 12.2. The quantitative estimate of drug-likeness (QED) is 0.809. The lowest BCUT2D eigenvalue weighted by Gasteiger charge is -2.27. The molecule has 0 fully saturated rings. The molecule has 1 aliphatic rings. The van der Waals surface area contributed by atoms with Crippen LogP contribution in [0.1, 0.15) is 38.5 Å². The molecular weight excluding hydrogens is 260 g/mol. The second-order valence-electron chi connectivity index (χ2n) is 4.41. The fourth-order valence-electron chi connectivity index (χ4n) is 2.18. The number of hydrogen-bond donors (Lipinski definition) is 2. The van der Waals surface area contributed by atoms with Crippen LogP contribution < -0.4 is 10.6 Å². The van der Waals surface area contributed by atoms with Crippen molar-refractivity contribution in [2.24, 2.45) is 0 Å². The SMILES string of the molecule is CCCC1=C(C(=O)OCC)C(c2ccco2)NC(=O)N1. The normalized spacial score (nSPS) is 18.5. The average molecular weight is 278 g/mol. The van der Waals surface area contributed by atoms with E-state index in [1.165, 1.54) is 6.26 Å². The fourth-order valence-corrected chi connectivity index (χ4v) is 2.18. The zero-order valence-corrected chi connectivity index (χ0v) is 11.6. The largest absolute Gasteiger partial charge is 0.467 e. The Bertz CT molecular complexity index is 519. The first-order valence-corrected chi connectivity index (χ1v) is 6.68. The maximum atomic E-state index is 12.2. The summed E-state index contributed by atoms with van der Waals surface area (Å²) >= 11 is 0. The predicted molar refractivity (Wildman–Crippen MR) is 71.7 cm³/mol. The van der Waals surface area contributed by atoms with E-state index >= 15 is 0 Å². The van der Waals surface area contributed by atoms with E-state index < -0.39 is 12.0 Å². The van der Waals surface area contributed by atoms with Gasteiger partial charge in [-0.2, -0.15) is 0 Å². The highest BCUT2D eigenvalue weighted by molar-refractivity contribution is 5.94. The van der Waals surface area contributed by atoms with Gasteiger partial charge in [-0.15, -0.1) is 0 Å². The van der Waals surface area contributed by atoms with Crippen LogP contribution in [0.4, 0.5) is 4.79 Å². The van der Waals surface area contributed by atoms with Gasteiger partial charge in [0, 0.05) is 5.70 Å². The molecule has 1 aromatic heterocycles. The van der Waals surface area contributed by atoms with Crippen LogP contribution in [0.2, 0.25) is 0 Å². The molecule has 1 unspecified atom stereocenters. The maximum Gasteiger partial charge on any atom is 0.338 e. The van der Waals surface area contributed by atoms with Gasteiger partial charge in [-0.3, -0.25) is 0 Å². The Morgan fingerprint density at radius 1 is 1.45 bits per heavy atom. The van der Waals surface area contributed by atoms with Gasteiger partial charge in [0.05, 0.1) is 18.4 Å². The fraction of sp³-hybridized carbons (Fsp3) is 0.429. The molecule has 2 rings (SSSR count). The van der Waals surface area contributed by atoms with Gasteiger partial charge in [-0.1, -0.05) is 13.3 Å². The number of hydrogen-bond acceptors (Lipinski definition) is 4. The van der Waals surface area contributed by atoms with Gasteiger partial charge in [-0.25, -0.2) is 9.59 Å². The standard InChI is InChI=1S/C14H18N2O4/c1-3-6-9-11(13(17)19-4-2)12(16-14(18)15-9)10-7-5-8-20-10/h5,7-8,12H,3-4,6H2,1-2H3,(H2,15,16,18). The Kier molecular flexibility index (Phi) is 4.45. The molecule has 0 bridgehead atoms. The third-order valence-electron chi connectivity index (χ3n) is 2.98. The molecule has 0 aromatic carbocycles. The molecule has 108 valence electrons. The lowest BCUT2D eigenvalue weighted by Crippen LogP contribution is -2.45. The molecule has 2 N–H and O–H groups in total. The van der Waals surface area contributed by atoms with Crippen LogP contribution >= 0.6 is 0 Å². The van der Waals surface area contributed by atoms with Gasteiger partial charge < -0.3 is 19.8 Å². The second-order valence-corrected chi connectivity index (χ2v) is 4.41. The Morgan fingerprint density at radius 3 is 2.85 bits per heavy atom. The molecule has 6 nitrogen and oxygen atoms in total. The van der Waals surface area contributed by atoms with Gasteiger partial charge in [0.25, 0.3) is 0 Å². The molecule has 6 heteroatoms. The van der Waals surface area contributed by atoms with Crippen molar-refractivity contribution in [3.8, 4) is 0 Å². The Balaban J connectivity index is 2.43. The lowest BCUT2D eigenvalue weighted by atomic mass is 9.98. The summed E-state index contributed by atoms with van der Waals surface area (Å²) in [7, 11) is 0. The van der Waals surface area contributed by atoms with Gasteiger partial charge in [0.1, 0.15) is 11.8 Å². The molecule has 1 atom stereocenters. The van der Waals surface area contributed by atoms with Crippen LogP contribution in [0.25, 0.3) is 0 Å². The molecule has 0 saturated heterocycles. The topological polar surface area (TPSA) is 80.6 Å². The number of carbonyl (C=O) groups is 2. The van der Waals surface area contributed by atoms with Crippen LogP contribution in [0.5, 0.6) is 0 Å². The highest BCUT2D eigenvalue weighted by Gasteiger charge is 2.34. The van der Waals surface area contributed by atoms with Crippen molar-refractivity contribution < 1.29 is 18.7 Å². The van der Waals surface area contributed by atoms with Crippen molar-refractivity contribution in [2.45, 2.75) is 32.7 Å². The predicted octanol–water partition coefficient (Wildman–Crippen LogP) is 2.25. The van der Waals surface area contributed by atoms with Crippen molar-refractivity contribution >= 4 is 12.0 Å². The first-order chi connectivity index (χ1) is 9.67. The van der Waals surface area contributed by atoms with E-state index in [0.29, 0.717) is 23.5 Å². The summed E-state index contributed by atoms with van der Waals surface area (Å²) in [6.07, 6.45) is 2.91. The molecule has 0 saturated carbocycles. The summed E-state index contributed by atoms with van der Waals surface area (Å²) < 4.78 is 10.4. The molecule has 2 amide bonds. The van der Waals surface area contributed by atoms with E-state index in [1.54, 1.807) is 19.1 Å². The molecule has 1 aromatic rings. The Morgan fingerprint density at radius 2 is 2.25 bits per heavy atom. The highest BCUT2D eigenvalue weighted by Crippen LogP contribution is 2.29. The monoisotopic (exact) mass is 278 g/mol. The number of esters is 1. The van der Waals surface area contributed by atoms with Crippen LogP contribution in [0, 0.1) is 0 Å². The third kappa shape index (κ3) is 2.84. The summed E-state index contributed by atoms with van der Waals surface area (Å²) in [5.41, 5.74) is 0.999. The van der Waals surface area contributed by atoms with Crippen LogP contribution in [-0.4, -0.2) is 18.6 Å². The number of rotatable bonds is 5. The molecule has 20 heavy (non-hydrogen) atoms. The molecule has 0 spiro atoms. The molecule has 0 aliphatic carbocycles. The van der Waals surface area contributed by atoms with E-state index in [0.717, 1.165) is 6.42 Å². The van der Waals surface area contributed by atoms with E-state index in [9.17, 15) is 9.59 Å². The number of nitrogens with one attached hydrogen (secondary N) is 2. The summed E-state index contributed by atoms with van der Waals surface area (Å²) in [4.78, 5) is 23.9. The van der Waals surface area contributed by atoms with Gasteiger partial charge in [-0.05, 0) is 25.5 Å². The number of urea groups is 1. The average Bonchev–Trinajstić information content (AvgIpc) is 2.92. The van der Waals surface area contributed by atoms with Gasteiger partial charge >= 0.3 is 12.0 Å². The summed E-state index contributed by atoms with van der Waals surface area (Å²) in [6.45, 7) is 4.00. The zero-order chi connectivity index (χ0) is 14.5. The van der Waals surface area contributed by atoms with Crippen molar-refractivity contribution in [1.82, 2.24) is 10.6 Å². The summed E-state index contributed by atoms with van der Waals surface area (Å²) in [6, 6.07) is 2.48. The van der Waals surface area contributed by atoms with E-state index in [2.05, 4.69) is 10.6 Å². The van der Waals surface area contributed by atoms with Crippen molar-refractivity contribution in [3.05, 3.63) is 35.4 Å². The zero-order valence-electron chi connectivity index (χ0n) is 11.6. The molecule has 0 radical (unpaired) electrons. The minimum atomic E-state index is -0.612. The van der Waals surface area contributed by atoms with Crippen LogP contribution in [0.15, 0.2) is 34.1 Å². The van der Waals surface area contributed by atoms with Crippen LogP contribution in [-0.2, 0) is 9.53 Å². The number of allylic oxidation sites excluding steroid dienone is 1. The van der Waals surface area contributed by atoms with Crippen molar-refractivity contribution in [3.63, 3.8) is 0 Å². The molecule has 2 heterocycles. The number of amides is 2. The minimum Gasteiger partial charge on any atom is -0.467 e. The van der Waals surface area contributed by atoms with Gasteiger partial charge in [0.2, 0.25) is 0 Å². The van der Waals surface area contributed by atoms with Crippen molar-refractivity contribution in [2.75, 3.05) is 6.61 Å². The first kappa shape index (κ1) is 14.2. The highest BCUT2D eigenvalue weighted by atomic mass is 16.5. The Labute approximate surface area is 117 Å². The van der Waals surface area contributed by atoms with Crippen LogP contribution in [0.3, 0.4) is 0 Å². The number of carbonyl (C=O) groups excluding carboxylic acids is 2.